The molecule has 1 aliphatic rings. The van der Waals surface area contributed by atoms with E-state index in [1.54, 1.807) is 0 Å². The normalized spacial score (nSPS) is 18.0. The third-order valence-corrected chi connectivity index (χ3v) is 5.10. The standard InChI is InChI=1S/C12H26O2Si/c1-3-4-5-6-7-8-9-10-11-12-15(2)13-14-15/h3-12H2,1-2H3. The van der Waals surface area contributed by atoms with Crippen molar-refractivity contribution in [3.8, 4) is 0 Å². The molecule has 0 aromatic heterocycles. The summed E-state index contributed by atoms with van der Waals surface area (Å²) in [5.41, 5.74) is 0. The van der Waals surface area contributed by atoms with Gasteiger partial charge < -0.3 is 0 Å². The first kappa shape index (κ1) is 13.2. The highest BCUT2D eigenvalue weighted by molar-refractivity contribution is 6.70. The van der Waals surface area contributed by atoms with Crippen LogP contribution in [0, 0.1) is 0 Å². The molecular weight excluding hydrogens is 204 g/mol. The molecule has 2 nitrogen and oxygen atoms in total. The second-order valence-corrected chi connectivity index (χ2v) is 7.98. The average molecular weight is 230 g/mol. The van der Waals surface area contributed by atoms with Crippen molar-refractivity contribution in [3.05, 3.63) is 0 Å². The Labute approximate surface area is 95.5 Å². The Morgan fingerprint density at radius 3 is 1.67 bits per heavy atom. The first-order chi connectivity index (χ1) is 7.27. The summed E-state index contributed by atoms with van der Waals surface area (Å²) >= 11 is 0. The molecule has 0 aromatic rings. The maximum absolute atomic E-state index is 5.01. The van der Waals surface area contributed by atoms with E-state index >= 15 is 0 Å². The minimum atomic E-state index is -1.49. The Morgan fingerprint density at radius 1 is 0.733 bits per heavy atom. The molecule has 0 unspecified atom stereocenters. The summed E-state index contributed by atoms with van der Waals surface area (Å²) in [6.07, 6.45) is 12.6. The minimum absolute atomic E-state index is 1.20. The van der Waals surface area contributed by atoms with Crippen LogP contribution >= 0.6 is 0 Å². The van der Waals surface area contributed by atoms with Crippen LogP contribution in [-0.2, 0) is 9.15 Å². The summed E-state index contributed by atoms with van der Waals surface area (Å²) in [7, 11) is -1.49. The van der Waals surface area contributed by atoms with Gasteiger partial charge in [-0.25, -0.2) is 0 Å². The van der Waals surface area contributed by atoms with Crippen LogP contribution in [0.25, 0.3) is 0 Å². The molecule has 3 heteroatoms. The van der Waals surface area contributed by atoms with E-state index in [4.69, 9.17) is 9.15 Å². The van der Waals surface area contributed by atoms with Crippen molar-refractivity contribution in [1.29, 1.82) is 0 Å². The van der Waals surface area contributed by atoms with Crippen molar-refractivity contribution in [1.82, 2.24) is 0 Å². The van der Waals surface area contributed by atoms with Crippen molar-refractivity contribution in [2.45, 2.75) is 77.3 Å². The predicted molar refractivity (Wildman–Crippen MR) is 65.8 cm³/mol. The van der Waals surface area contributed by atoms with Gasteiger partial charge in [0.25, 0.3) is 0 Å². The molecule has 0 bridgehead atoms. The first-order valence-electron chi connectivity index (χ1n) is 6.64. The molecule has 1 heterocycles. The SMILES string of the molecule is CCCCCCCCCCC[Si]1(C)OO1. The Bertz CT molecular complexity index is 158. The second-order valence-electron chi connectivity index (χ2n) is 4.88. The lowest BCUT2D eigenvalue weighted by atomic mass is 10.1. The highest BCUT2D eigenvalue weighted by Gasteiger charge is 2.47. The number of hydrogen-bond acceptors (Lipinski definition) is 2. The molecule has 1 rings (SSSR count). The van der Waals surface area contributed by atoms with E-state index in [0.29, 0.717) is 0 Å². The van der Waals surface area contributed by atoms with Crippen molar-refractivity contribution < 1.29 is 9.15 Å². The van der Waals surface area contributed by atoms with Crippen LogP contribution in [-0.4, -0.2) is 8.56 Å². The highest BCUT2D eigenvalue weighted by atomic mass is 28.4. The third-order valence-electron chi connectivity index (χ3n) is 3.10. The van der Waals surface area contributed by atoms with Gasteiger partial charge in [-0.2, -0.15) is 0 Å². The zero-order chi connectivity index (χ0) is 11.0. The Kier molecular flexibility index (Phi) is 6.53. The Balaban J connectivity index is 1.70. The van der Waals surface area contributed by atoms with Gasteiger partial charge in [-0.05, 0) is 12.6 Å². The summed E-state index contributed by atoms with van der Waals surface area (Å²) in [6.45, 7) is 4.42. The van der Waals surface area contributed by atoms with Crippen molar-refractivity contribution in [2.24, 2.45) is 0 Å². The lowest BCUT2D eigenvalue weighted by Gasteiger charge is -2.01. The summed E-state index contributed by atoms with van der Waals surface area (Å²) in [4.78, 5) is 0. The van der Waals surface area contributed by atoms with Crippen LogP contribution in [0.3, 0.4) is 0 Å². The lowest BCUT2D eigenvalue weighted by Crippen LogP contribution is -2.08. The van der Waals surface area contributed by atoms with Crippen LogP contribution in [0.2, 0.25) is 12.6 Å². The molecular formula is C12H26O2Si. The highest BCUT2D eigenvalue weighted by Crippen LogP contribution is 2.30. The number of rotatable bonds is 10. The van der Waals surface area contributed by atoms with Gasteiger partial charge in [0.15, 0.2) is 0 Å². The van der Waals surface area contributed by atoms with Crippen LogP contribution in [0.4, 0.5) is 0 Å². The monoisotopic (exact) mass is 230 g/mol. The zero-order valence-electron chi connectivity index (χ0n) is 10.4. The molecule has 0 aromatic carbocycles. The molecule has 1 saturated heterocycles. The van der Waals surface area contributed by atoms with Gasteiger partial charge in [0.05, 0.1) is 0 Å². The van der Waals surface area contributed by atoms with Gasteiger partial charge in [0.1, 0.15) is 0 Å². The van der Waals surface area contributed by atoms with Gasteiger partial charge >= 0.3 is 8.56 Å². The molecule has 15 heavy (non-hydrogen) atoms. The summed E-state index contributed by atoms with van der Waals surface area (Å²) in [6, 6.07) is 1.20. The fourth-order valence-electron chi connectivity index (χ4n) is 1.91. The Hall–Kier alpha value is 0.137. The van der Waals surface area contributed by atoms with E-state index < -0.39 is 8.56 Å². The van der Waals surface area contributed by atoms with Crippen LogP contribution < -0.4 is 0 Å². The third kappa shape index (κ3) is 7.09. The first-order valence-corrected chi connectivity index (χ1v) is 9.16. The molecule has 90 valence electrons. The van der Waals surface area contributed by atoms with Gasteiger partial charge in [0.2, 0.25) is 0 Å². The molecule has 0 atom stereocenters. The molecule has 1 aliphatic heterocycles. The molecule has 0 aliphatic carbocycles. The Morgan fingerprint density at radius 2 is 1.20 bits per heavy atom. The van der Waals surface area contributed by atoms with E-state index in [2.05, 4.69) is 13.5 Å². The van der Waals surface area contributed by atoms with Gasteiger partial charge in [-0.1, -0.05) is 64.7 Å². The largest absolute Gasteiger partial charge is 0.403 e. The van der Waals surface area contributed by atoms with Crippen LogP contribution in [0.5, 0.6) is 0 Å². The fourth-order valence-corrected chi connectivity index (χ4v) is 3.54. The quantitative estimate of drug-likeness (QED) is 0.238. The van der Waals surface area contributed by atoms with Crippen LogP contribution in [0.1, 0.15) is 64.7 Å². The number of hydrogen-bond donors (Lipinski definition) is 0. The predicted octanol–water partition coefficient (Wildman–Crippen LogP) is 4.55. The van der Waals surface area contributed by atoms with Crippen molar-refractivity contribution >= 4 is 8.56 Å². The van der Waals surface area contributed by atoms with Crippen molar-refractivity contribution in [3.63, 3.8) is 0 Å². The van der Waals surface area contributed by atoms with Crippen molar-refractivity contribution in [2.75, 3.05) is 0 Å². The number of unbranched alkanes of at least 4 members (excludes halogenated alkanes) is 8. The minimum Gasteiger partial charge on any atom is -0.257 e. The average Bonchev–Trinajstić information content (AvgIpc) is 2.95. The maximum atomic E-state index is 5.01. The van der Waals surface area contributed by atoms with Crippen LogP contribution in [0.15, 0.2) is 0 Å². The summed E-state index contributed by atoms with van der Waals surface area (Å²) in [5.74, 6) is 0. The van der Waals surface area contributed by atoms with E-state index in [-0.39, 0.29) is 0 Å². The van der Waals surface area contributed by atoms with E-state index in [1.807, 2.05) is 0 Å². The summed E-state index contributed by atoms with van der Waals surface area (Å²) in [5, 5.41) is 0. The maximum Gasteiger partial charge on any atom is 0.403 e. The van der Waals surface area contributed by atoms with Gasteiger partial charge in [-0.3, -0.25) is 9.15 Å². The molecule has 1 fully saturated rings. The zero-order valence-corrected chi connectivity index (χ0v) is 11.4. The molecule has 0 spiro atoms. The van der Waals surface area contributed by atoms with E-state index in [0.717, 1.165) is 0 Å². The van der Waals surface area contributed by atoms with E-state index in [9.17, 15) is 0 Å². The smallest absolute Gasteiger partial charge is 0.257 e. The van der Waals surface area contributed by atoms with Gasteiger partial charge in [0, 0.05) is 0 Å². The molecule has 0 N–H and O–H groups in total. The topological polar surface area (TPSA) is 25.1 Å². The second kappa shape index (κ2) is 7.42. The lowest BCUT2D eigenvalue weighted by molar-refractivity contribution is 0.0850. The molecule has 0 radical (unpaired) electrons. The summed E-state index contributed by atoms with van der Waals surface area (Å²) < 4.78 is 10.0. The fraction of sp³-hybridized carbons (Fsp3) is 1.00. The van der Waals surface area contributed by atoms with Gasteiger partial charge in [-0.15, -0.1) is 0 Å². The molecule has 0 amide bonds. The molecule has 0 saturated carbocycles. The van der Waals surface area contributed by atoms with E-state index in [1.165, 1.54) is 63.8 Å².